The quantitative estimate of drug-likeness (QED) is 0.816. The average Bonchev–Trinajstić information content (AvgIpc) is 2.76. The van der Waals surface area contributed by atoms with Gasteiger partial charge in [0.25, 0.3) is 0 Å². The minimum absolute atomic E-state index is 0.112. The van der Waals surface area contributed by atoms with Gasteiger partial charge in [0.05, 0.1) is 0 Å². The minimum atomic E-state index is 0.112. The van der Waals surface area contributed by atoms with E-state index in [0.29, 0.717) is 19.5 Å². The number of hydrogen-bond donors (Lipinski definition) is 2. The lowest BCUT2D eigenvalue weighted by Gasteiger charge is -2.08. The lowest BCUT2D eigenvalue weighted by Crippen LogP contribution is -2.24. The van der Waals surface area contributed by atoms with E-state index in [4.69, 9.17) is 0 Å². The van der Waals surface area contributed by atoms with Crippen molar-refractivity contribution in [3.8, 4) is 0 Å². The largest absolute Gasteiger partial charge is 0.385 e. The fraction of sp³-hybridized carbons (Fsp3) is 0.500. The highest BCUT2D eigenvalue weighted by atomic mass is 16.1. The minimum Gasteiger partial charge on any atom is -0.385 e. The highest BCUT2D eigenvalue weighted by Crippen LogP contribution is 2.24. The molecule has 1 amide bonds. The first-order chi connectivity index (χ1) is 8.29. The van der Waals surface area contributed by atoms with Crippen LogP contribution in [0.3, 0.4) is 0 Å². The van der Waals surface area contributed by atoms with Crippen molar-refractivity contribution in [2.24, 2.45) is 0 Å². The highest BCUT2D eigenvalue weighted by molar-refractivity contribution is 5.76. The predicted molar refractivity (Wildman–Crippen MR) is 70.3 cm³/mol. The van der Waals surface area contributed by atoms with Crippen molar-refractivity contribution in [1.82, 2.24) is 5.32 Å². The first-order valence-electron chi connectivity index (χ1n) is 6.42. The van der Waals surface area contributed by atoms with Crippen molar-refractivity contribution in [2.45, 2.75) is 32.6 Å². The van der Waals surface area contributed by atoms with Crippen LogP contribution in [0, 0.1) is 0 Å². The van der Waals surface area contributed by atoms with Crippen LogP contribution in [0.1, 0.15) is 30.9 Å². The van der Waals surface area contributed by atoms with Crippen LogP contribution in [0.25, 0.3) is 0 Å². The third kappa shape index (κ3) is 3.22. The van der Waals surface area contributed by atoms with Gasteiger partial charge in [-0.05, 0) is 49.4 Å². The van der Waals surface area contributed by atoms with Gasteiger partial charge in [-0.3, -0.25) is 4.79 Å². The van der Waals surface area contributed by atoms with E-state index in [-0.39, 0.29) is 5.91 Å². The summed E-state index contributed by atoms with van der Waals surface area (Å²) in [5.41, 5.74) is 4.09. The van der Waals surface area contributed by atoms with Crippen LogP contribution in [0.5, 0.6) is 0 Å². The number of benzene rings is 1. The van der Waals surface area contributed by atoms with Gasteiger partial charge >= 0.3 is 0 Å². The van der Waals surface area contributed by atoms with E-state index >= 15 is 0 Å². The lowest BCUT2D eigenvalue weighted by atomic mass is 10.1. The molecule has 0 heterocycles. The summed E-state index contributed by atoms with van der Waals surface area (Å²) in [7, 11) is 0. The Bertz CT molecular complexity index is 401. The molecule has 1 aromatic rings. The topological polar surface area (TPSA) is 41.1 Å². The Hall–Kier alpha value is -1.51. The van der Waals surface area contributed by atoms with E-state index in [1.807, 2.05) is 6.92 Å². The van der Waals surface area contributed by atoms with E-state index in [1.165, 1.54) is 30.4 Å². The molecule has 0 aromatic heterocycles. The smallest absolute Gasteiger partial charge is 0.221 e. The Kier molecular flexibility index (Phi) is 4.02. The van der Waals surface area contributed by atoms with Crippen LogP contribution in [-0.4, -0.2) is 19.0 Å². The summed E-state index contributed by atoms with van der Waals surface area (Å²) < 4.78 is 0. The van der Waals surface area contributed by atoms with Crippen LogP contribution in [0.15, 0.2) is 18.2 Å². The van der Waals surface area contributed by atoms with Crippen molar-refractivity contribution < 1.29 is 4.79 Å². The van der Waals surface area contributed by atoms with Gasteiger partial charge in [0.1, 0.15) is 0 Å². The van der Waals surface area contributed by atoms with Gasteiger partial charge in [-0.25, -0.2) is 0 Å². The van der Waals surface area contributed by atoms with E-state index in [2.05, 4.69) is 28.8 Å². The van der Waals surface area contributed by atoms with Gasteiger partial charge in [-0.1, -0.05) is 6.07 Å². The maximum atomic E-state index is 11.3. The molecule has 3 nitrogen and oxygen atoms in total. The highest BCUT2D eigenvalue weighted by Gasteiger charge is 2.10. The predicted octanol–water partition coefficient (Wildman–Crippen LogP) is 2.11. The fourth-order valence-electron chi connectivity index (χ4n) is 2.29. The van der Waals surface area contributed by atoms with Crippen LogP contribution in [0.4, 0.5) is 5.69 Å². The maximum absolute atomic E-state index is 11.3. The molecule has 2 N–H and O–H groups in total. The number of fused-ring (bicyclic) bond motifs is 1. The van der Waals surface area contributed by atoms with E-state index in [1.54, 1.807) is 0 Å². The number of rotatable bonds is 5. The van der Waals surface area contributed by atoms with Crippen molar-refractivity contribution in [2.75, 3.05) is 18.4 Å². The van der Waals surface area contributed by atoms with Crippen molar-refractivity contribution in [3.05, 3.63) is 29.3 Å². The van der Waals surface area contributed by atoms with Crippen LogP contribution >= 0.6 is 0 Å². The van der Waals surface area contributed by atoms with Crippen LogP contribution in [-0.2, 0) is 17.6 Å². The Balaban J connectivity index is 1.81. The number of carbonyl (C=O) groups excluding carboxylic acids is 1. The second kappa shape index (κ2) is 5.71. The summed E-state index contributed by atoms with van der Waals surface area (Å²) in [6.07, 6.45) is 4.22. The Morgan fingerprint density at radius 3 is 2.94 bits per heavy atom. The molecule has 0 atom stereocenters. The van der Waals surface area contributed by atoms with Gasteiger partial charge in [-0.15, -0.1) is 0 Å². The fourth-order valence-corrected chi connectivity index (χ4v) is 2.29. The zero-order valence-electron chi connectivity index (χ0n) is 10.4. The maximum Gasteiger partial charge on any atom is 0.221 e. The molecule has 0 spiro atoms. The molecule has 1 aromatic carbocycles. The van der Waals surface area contributed by atoms with Crippen molar-refractivity contribution in [1.29, 1.82) is 0 Å². The number of anilines is 1. The van der Waals surface area contributed by atoms with Gasteiger partial charge in [-0.2, -0.15) is 0 Å². The SMILES string of the molecule is CCNC(=O)CCNc1ccc2c(c1)CCC2. The second-order valence-corrected chi connectivity index (χ2v) is 4.47. The summed E-state index contributed by atoms with van der Waals surface area (Å²) in [5, 5.41) is 6.10. The van der Waals surface area contributed by atoms with Gasteiger partial charge in [0.15, 0.2) is 0 Å². The molecule has 0 unspecified atom stereocenters. The number of nitrogens with one attached hydrogen (secondary N) is 2. The Labute approximate surface area is 103 Å². The number of hydrogen-bond acceptors (Lipinski definition) is 2. The molecule has 1 aliphatic carbocycles. The van der Waals surface area contributed by atoms with Gasteiger partial charge in [0, 0.05) is 25.2 Å². The standard InChI is InChI=1S/C14H20N2O/c1-2-15-14(17)8-9-16-13-7-6-11-4-3-5-12(11)10-13/h6-7,10,16H,2-5,8-9H2,1H3,(H,15,17). The number of aryl methyl sites for hydroxylation is 2. The molecule has 1 aliphatic rings. The molecule has 0 aliphatic heterocycles. The first kappa shape index (κ1) is 12.0. The molecule has 17 heavy (non-hydrogen) atoms. The van der Waals surface area contributed by atoms with E-state index in [0.717, 1.165) is 5.69 Å². The van der Waals surface area contributed by atoms with Crippen molar-refractivity contribution in [3.63, 3.8) is 0 Å². The second-order valence-electron chi connectivity index (χ2n) is 4.47. The van der Waals surface area contributed by atoms with E-state index in [9.17, 15) is 4.79 Å². The third-order valence-corrected chi connectivity index (χ3v) is 3.15. The monoisotopic (exact) mass is 232 g/mol. The third-order valence-electron chi connectivity index (χ3n) is 3.15. The zero-order valence-corrected chi connectivity index (χ0v) is 10.4. The van der Waals surface area contributed by atoms with Gasteiger partial charge < -0.3 is 10.6 Å². The molecule has 0 saturated heterocycles. The molecule has 92 valence electrons. The number of amides is 1. The first-order valence-corrected chi connectivity index (χ1v) is 6.42. The molecule has 0 fully saturated rings. The summed E-state index contributed by atoms with van der Waals surface area (Å²) in [6, 6.07) is 6.54. The van der Waals surface area contributed by atoms with E-state index < -0.39 is 0 Å². The molecule has 0 bridgehead atoms. The zero-order chi connectivity index (χ0) is 12.1. The molecular formula is C14H20N2O. The summed E-state index contributed by atoms with van der Waals surface area (Å²) >= 11 is 0. The van der Waals surface area contributed by atoms with Gasteiger partial charge in [0.2, 0.25) is 5.91 Å². The Morgan fingerprint density at radius 1 is 1.29 bits per heavy atom. The average molecular weight is 232 g/mol. The molecule has 0 saturated carbocycles. The Morgan fingerprint density at radius 2 is 2.12 bits per heavy atom. The summed E-state index contributed by atoms with van der Waals surface area (Å²) in [5.74, 6) is 0.112. The lowest BCUT2D eigenvalue weighted by molar-refractivity contribution is -0.120. The van der Waals surface area contributed by atoms with Crippen LogP contribution in [0.2, 0.25) is 0 Å². The van der Waals surface area contributed by atoms with Crippen LogP contribution < -0.4 is 10.6 Å². The van der Waals surface area contributed by atoms with Crippen molar-refractivity contribution >= 4 is 11.6 Å². The summed E-state index contributed by atoms with van der Waals surface area (Å²) in [4.78, 5) is 11.3. The summed E-state index contributed by atoms with van der Waals surface area (Å²) in [6.45, 7) is 3.34. The molecular weight excluding hydrogens is 212 g/mol. The normalized spacial score (nSPS) is 13.2. The number of carbonyl (C=O) groups is 1. The molecule has 0 radical (unpaired) electrons. The molecule has 2 rings (SSSR count). The molecule has 3 heteroatoms.